The lowest BCUT2D eigenvalue weighted by atomic mass is 10.0. The quantitative estimate of drug-likeness (QED) is 0.718. The monoisotopic (exact) mass is 392 g/mol. The molecular weight excluding hydrogens is 375 g/mol. The molecule has 0 fully saturated rings. The van der Waals surface area contributed by atoms with Gasteiger partial charge in [0.15, 0.2) is 17.3 Å². The number of ketones is 1. The smallest absolute Gasteiger partial charge is 0.248 e. The lowest BCUT2D eigenvalue weighted by Gasteiger charge is -2.23. The lowest BCUT2D eigenvalue weighted by Crippen LogP contribution is -2.17. The van der Waals surface area contributed by atoms with Gasteiger partial charge >= 0.3 is 0 Å². The zero-order valence-electron chi connectivity index (χ0n) is 15.3. The molecule has 1 atom stereocenters. The van der Waals surface area contributed by atoms with Crippen molar-refractivity contribution in [3.63, 3.8) is 0 Å². The number of ether oxygens (including phenoxy) is 2. The highest BCUT2D eigenvalue weighted by molar-refractivity contribution is 5.99. The second-order valence-electron chi connectivity index (χ2n) is 6.57. The Balaban J connectivity index is 1.73. The fourth-order valence-corrected chi connectivity index (χ4v) is 3.17. The molecule has 1 aliphatic heterocycles. The van der Waals surface area contributed by atoms with E-state index in [0.29, 0.717) is 16.9 Å². The van der Waals surface area contributed by atoms with Crippen molar-refractivity contribution in [2.24, 2.45) is 5.73 Å². The van der Waals surface area contributed by atoms with Crippen LogP contribution in [0.2, 0.25) is 0 Å². The van der Waals surface area contributed by atoms with Gasteiger partial charge in [0.05, 0.1) is 12.2 Å². The van der Waals surface area contributed by atoms with Gasteiger partial charge in [0.1, 0.15) is 11.9 Å². The van der Waals surface area contributed by atoms with Crippen molar-refractivity contribution in [1.82, 2.24) is 4.98 Å². The summed E-state index contributed by atoms with van der Waals surface area (Å²) in [7, 11) is 0. The van der Waals surface area contributed by atoms with Gasteiger partial charge in [-0.2, -0.15) is 0 Å². The zero-order chi connectivity index (χ0) is 20.4. The van der Waals surface area contributed by atoms with Gasteiger partial charge < -0.3 is 15.2 Å². The van der Waals surface area contributed by atoms with E-state index in [0.717, 1.165) is 11.6 Å². The number of benzene rings is 2. The van der Waals surface area contributed by atoms with E-state index in [1.54, 1.807) is 48.8 Å². The van der Waals surface area contributed by atoms with E-state index in [2.05, 4.69) is 4.98 Å². The van der Waals surface area contributed by atoms with Gasteiger partial charge in [0, 0.05) is 30.4 Å². The first-order chi connectivity index (χ1) is 14.0. The molecule has 3 aromatic rings. The molecule has 2 N–H and O–H groups in total. The van der Waals surface area contributed by atoms with E-state index in [9.17, 15) is 14.0 Å². The maximum absolute atomic E-state index is 14.7. The number of aromatic nitrogens is 1. The Labute approximate surface area is 166 Å². The Bertz CT molecular complexity index is 1070. The van der Waals surface area contributed by atoms with E-state index in [1.165, 1.54) is 6.07 Å². The third-order valence-corrected chi connectivity index (χ3v) is 4.67. The Morgan fingerprint density at radius 3 is 2.48 bits per heavy atom. The molecule has 1 aromatic heterocycles. The molecule has 0 saturated carbocycles. The third kappa shape index (κ3) is 3.80. The van der Waals surface area contributed by atoms with Gasteiger partial charge in [-0.1, -0.05) is 12.1 Å². The zero-order valence-corrected chi connectivity index (χ0v) is 15.3. The molecular formula is C22H17FN2O4. The van der Waals surface area contributed by atoms with Gasteiger partial charge in [-0.05, 0) is 41.5 Å². The second-order valence-corrected chi connectivity index (χ2v) is 6.57. The molecule has 29 heavy (non-hydrogen) atoms. The lowest BCUT2D eigenvalue weighted by molar-refractivity contribution is 0.0931. The number of nitrogens with two attached hydrogens (primary N) is 1. The summed E-state index contributed by atoms with van der Waals surface area (Å²) in [6.07, 6.45) is 2.76. The molecule has 0 saturated heterocycles. The SMILES string of the molecule is NC(=O)c1ccc([C@H](Oc2cc3c(cc2F)C(=O)CCO3)c2ccncc2)cc1. The summed E-state index contributed by atoms with van der Waals surface area (Å²) in [4.78, 5) is 27.3. The number of primary amides is 1. The number of halogens is 1. The minimum Gasteiger partial charge on any atom is -0.492 e. The van der Waals surface area contributed by atoms with Crippen molar-refractivity contribution in [3.8, 4) is 11.5 Å². The first-order valence-corrected chi connectivity index (χ1v) is 8.99. The number of Topliss-reactive ketones (excluding diaryl/α,β-unsaturated/α-hetero) is 1. The number of carbonyl (C=O) groups is 2. The topological polar surface area (TPSA) is 91.5 Å². The number of fused-ring (bicyclic) bond motifs is 1. The van der Waals surface area contributed by atoms with Gasteiger partial charge in [0.2, 0.25) is 5.91 Å². The maximum Gasteiger partial charge on any atom is 0.248 e. The van der Waals surface area contributed by atoms with Crippen LogP contribution in [-0.4, -0.2) is 23.3 Å². The summed E-state index contributed by atoms with van der Waals surface area (Å²) in [5.41, 5.74) is 7.30. The first kappa shape index (κ1) is 18.6. The Morgan fingerprint density at radius 2 is 1.79 bits per heavy atom. The first-order valence-electron chi connectivity index (χ1n) is 8.99. The van der Waals surface area contributed by atoms with Crippen molar-refractivity contribution in [2.45, 2.75) is 12.5 Å². The maximum atomic E-state index is 14.7. The van der Waals surface area contributed by atoms with E-state index in [1.807, 2.05) is 0 Å². The highest BCUT2D eigenvalue weighted by Crippen LogP contribution is 2.35. The van der Waals surface area contributed by atoms with Crippen molar-refractivity contribution < 1.29 is 23.5 Å². The van der Waals surface area contributed by atoms with Crippen LogP contribution in [0.5, 0.6) is 11.5 Å². The number of hydrogen-bond donors (Lipinski definition) is 1. The minimum absolute atomic E-state index is 0.0424. The summed E-state index contributed by atoms with van der Waals surface area (Å²) in [6, 6.07) is 12.6. The summed E-state index contributed by atoms with van der Waals surface area (Å²) in [5.74, 6) is -1.10. The molecule has 0 aliphatic carbocycles. The number of carbonyl (C=O) groups excluding carboxylic acids is 2. The fourth-order valence-electron chi connectivity index (χ4n) is 3.17. The Kier molecular flexibility index (Phi) is 4.95. The molecule has 2 aromatic carbocycles. The van der Waals surface area contributed by atoms with Crippen LogP contribution in [0.1, 0.15) is 44.4 Å². The summed E-state index contributed by atoms with van der Waals surface area (Å²) >= 11 is 0. The van der Waals surface area contributed by atoms with Gasteiger partial charge in [-0.25, -0.2) is 4.39 Å². The Morgan fingerprint density at radius 1 is 1.10 bits per heavy atom. The van der Waals surface area contributed by atoms with Crippen molar-refractivity contribution in [3.05, 3.63) is 89.0 Å². The normalized spacial score (nSPS) is 13.9. The Hall–Kier alpha value is -3.74. The summed E-state index contributed by atoms with van der Waals surface area (Å²) in [6.45, 7) is 0.249. The van der Waals surface area contributed by atoms with E-state index >= 15 is 0 Å². The van der Waals surface area contributed by atoms with Crippen LogP contribution >= 0.6 is 0 Å². The van der Waals surface area contributed by atoms with Crippen LogP contribution in [0.3, 0.4) is 0 Å². The predicted octanol–water partition coefficient (Wildman–Crippen LogP) is 3.45. The average molecular weight is 392 g/mol. The number of hydrogen-bond acceptors (Lipinski definition) is 5. The van der Waals surface area contributed by atoms with E-state index in [4.69, 9.17) is 15.2 Å². The largest absolute Gasteiger partial charge is 0.492 e. The molecule has 0 radical (unpaired) electrons. The standard InChI is InChI=1S/C22H17FN2O4/c23-17-11-16-18(26)7-10-28-19(16)12-20(17)29-21(14-5-8-25-9-6-14)13-1-3-15(4-2-13)22(24)27/h1-6,8-9,11-12,21H,7,10H2,(H2,24,27)/t21-/m0/s1. The molecule has 6 nitrogen and oxygen atoms in total. The number of nitrogens with zero attached hydrogens (tertiary/aromatic N) is 1. The molecule has 1 amide bonds. The van der Waals surface area contributed by atoms with Crippen LogP contribution in [-0.2, 0) is 0 Å². The van der Waals surface area contributed by atoms with Gasteiger partial charge in [-0.15, -0.1) is 0 Å². The molecule has 0 spiro atoms. The molecule has 0 unspecified atom stereocenters. The third-order valence-electron chi connectivity index (χ3n) is 4.67. The van der Waals surface area contributed by atoms with E-state index in [-0.39, 0.29) is 30.1 Å². The van der Waals surface area contributed by atoms with Gasteiger partial charge in [0.25, 0.3) is 0 Å². The molecule has 2 heterocycles. The summed E-state index contributed by atoms with van der Waals surface area (Å²) in [5, 5.41) is 0. The minimum atomic E-state index is -0.674. The van der Waals surface area contributed by atoms with Crippen molar-refractivity contribution in [2.75, 3.05) is 6.61 Å². The van der Waals surface area contributed by atoms with Crippen LogP contribution in [0.15, 0.2) is 60.9 Å². The van der Waals surface area contributed by atoms with Gasteiger partial charge in [-0.3, -0.25) is 14.6 Å². The van der Waals surface area contributed by atoms with Crippen LogP contribution < -0.4 is 15.2 Å². The molecule has 0 bridgehead atoms. The van der Waals surface area contributed by atoms with Crippen molar-refractivity contribution >= 4 is 11.7 Å². The molecule has 1 aliphatic rings. The average Bonchev–Trinajstić information content (AvgIpc) is 2.74. The van der Waals surface area contributed by atoms with Crippen LogP contribution in [0, 0.1) is 5.82 Å². The highest BCUT2D eigenvalue weighted by Gasteiger charge is 2.24. The number of rotatable bonds is 5. The predicted molar refractivity (Wildman–Crippen MR) is 103 cm³/mol. The van der Waals surface area contributed by atoms with Crippen LogP contribution in [0.4, 0.5) is 4.39 Å². The number of pyridine rings is 1. The van der Waals surface area contributed by atoms with Crippen LogP contribution in [0.25, 0.3) is 0 Å². The molecule has 4 rings (SSSR count). The summed E-state index contributed by atoms with van der Waals surface area (Å²) < 4.78 is 26.2. The van der Waals surface area contributed by atoms with E-state index < -0.39 is 17.8 Å². The van der Waals surface area contributed by atoms with Crippen molar-refractivity contribution in [1.29, 1.82) is 0 Å². The molecule has 7 heteroatoms. The highest BCUT2D eigenvalue weighted by atomic mass is 19.1. The fraction of sp³-hybridized carbons (Fsp3) is 0.136. The number of amides is 1. The molecule has 146 valence electrons. The second kappa shape index (κ2) is 7.71.